The van der Waals surface area contributed by atoms with E-state index >= 15 is 0 Å². The van der Waals surface area contributed by atoms with Crippen molar-refractivity contribution in [2.45, 2.75) is 38.8 Å². The monoisotopic (exact) mass is 537 g/mol. The molecule has 11 heteroatoms. The number of nitrogen functional groups attached to an aromatic ring is 1. The summed E-state index contributed by atoms with van der Waals surface area (Å²) >= 11 is 6.07. The summed E-state index contributed by atoms with van der Waals surface area (Å²) in [5.74, 6) is -0.985. The zero-order chi connectivity index (χ0) is 27.2. The standard InChI is InChI=1S/C21H25ClFN3O3.C5H8O3/c1-2-28-20-10-19(24)18(22)9-17(20)21(27)25-11-16-13-26(7-8-29-16)12-14-3-5-15(23)6-4-14;6-4-2-1-3-5(7)8/h3-6,9-10,16H,2,7-8,11-13,24H2,1H3,(H,25,27);4H,1-3H2,(H,7,8). The van der Waals surface area contributed by atoms with Crippen LogP contribution < -0.4 is 15.8 Å². The molecule has 1 amide bonds. The molecule has 1 fully saturated rings. The third-order valence-corrected chi connectivity index (χ3v) is 5.72. The van der Waals surface area contributed by atoms with E-state index in [0.717, 1.165) is 18.4 Å². The fraction of sp³-hybridized carbons (Fsp3) is 0.423. The molecule has 0 saturated carbocycles. The Balaban J connectivity index is 0.000000521. The van der Waals surface area contributed by atoms with Crippen molar-refractivity contribution in [3.8, 4) is 5.75 Å². The van der Waals surface area contributed by atoms with Crippen LogP contribution in [0.4, 0.5) is 10.1 Å². The molecule has 202 valence electrons. The summed E-state index contributed by atoms with van der Waals surface area (Å²) in [6.07, 6.45) is 1.49. The van der Waals surface area contributed by atoms with Crippen molar-refractivity contribution < 1.29 is 33.4 Å². The number of halogens is 2. The van der Waals surface area contributed by atoms with Crippen molar-refractivity contribution in [3.05, 3.63) is 58.4 Å². The van der Waals surface area contributed by atoms with E-state index in [2.05, 4.69) is 10.2 Å². The van der Waals surface area contributed by atoms with E-state index in [9.17, 15) is 18.8 Å². The fourth-order valence-electron chi connectivity index (χ4n) is 3.56. The number of ether oxygens (including phenoxy) is 2. The van der Waals surface area contributed by atoms with Crippen LogP contribution in [-0.4, -0.2) is 67.1 Å². The smallest absolute Gasteiger partial charge is 0.303 e. The molecule has 0 aliphatic carbocycles. The number of unbranched alkanes of at least 4 members (excludes halogenated alkanes) is 1. The Morgan fingerprint density at radius 3 is 2.70 bits per heavy atom. The number of nitrogens with zero attached hydrogens (tertiary/aromatic N) is 1. The van der Waals surface area contributed by atoms with Crippen LogP contribution in [0.15, 0.2) is 36.4 Å². The van der Waals surface area contributed by atoms with Crippen LogP contribution in [0.2, 0.25) is 5.02 Å². The Hall–Kier alpha value is -3.21. The number of carboxylic acids is 1. The summed E-state index contributed by atoms with van der Waals surface area (Å²) in [6, 6.07) is 9.55. The molecular weight excluding hydrogens is 505 g/mol. The van der Waals surface area contributed by atoms with E-state index in [0.29, 0.717) is 67.7 Å². The maximum absolute atomic E-state index is 13.1. The van der Waals surface area contributed by atoms with E-state index in [1.54, 1.807) is 18.2 Å². The predicted octanol–water partition coefficient (Wildman–Crippen LogP) is 3.53. The van der Waals surface area contributed by atoms with Crippen LogP contribution in [0, 0.1) is 5.82 Å². The highest BCUT2D eigenvalue weighted by Gasteiger charge is 2.22. The lowest BCUT2D eigenvalue weighted by Crippen LogP contribution is -2.47. The molecule has 9 nitrogen and oxygen atoms in total. The number of benzene rings is 2. The van der Waals surface area contributed by atoms with Gasteiger partial charge in [0, 0.05) is 45.1 Å². The largest absolute Gasteiger partial charge is 0.493 e. The Labute approximate surface area is 220 Å². The lowest BCUT2D eigenvalue weighted by Gasteiger charge is -2.33. The first-order valence-electron chi connectivity index (χ1n) is 12.0. The van der Waals surface area contributed by atoms with Gasteiger partial charge in [-0.1, -0.05) is 23.7 Å². The number of anilines is 1. The second kappa shape index (κ2) is 15.8. The number of morpholine rings is 1. The van der Waals surface area contributed by atoms with Crippen LogP contribution in [0.5, 0.6) is 5.75 Å². The maximum Gasteiger partial charge on any atom is 0.303 e. The van der Waals surface area contributed by atoms with Crippen LogP contribution in [0.25, 0.3) is 0 Å². The molecule has 2 aromatic rings. The Morgan fingerprint density at radius 1 is 1.32 bits per heavy atom. The molecule has 1 unspecified atom stereocenters. The Bertz CT molecular complexity index is 1040. The third kappa shape index (κ3) is 10.7. The van der Waals surface area contributed by atoms with E-state index in [-0.39, 0.29) is 24.2 Å². The molecule has 0 radical (unpaired) electrons. The van der Waals surface area contributed by atoms with Gasteiger partial charge in [0.1, 0.15) is 17.9 Å². The minimum absolute atomic E-state index is 0.0960. The number of amides is 1. The van der Waals surface area contributed by atoms with Gasteiger partial charge in [-0.05, 0) is 37.1 Å². The first-order chi connectivity index (χ1) is 17.7. The van der Waals surface area contributed by atoms with E-state index in [1.807, 2.05) is 6.92 Å². The average molecular weight is 538 g/mol. The summed E-state index contributed by atoms with van der Waals surface area (Å²) < 4.78 is 24.4. The second-order valence-electron chi connectivity index (χ2n) is 8.32. The summed E-state index contributed by atoms with van der Waals surface area (Å²) in [5, 5.41) is 11.2. The lowest BCUT2D eigenvalue weighted by atomic mass is 10.1. The maximum atomic E-state index is 13.1. The number of carbonyl (C=O) groups is 3. The van der Waals surface area contributed by atoms with Crippen molar-refractivity contribution in [1.82, 2.24) is 10.2 Å². The van der Waals surface area contributed by atoms with Gasteiger partial charge < -0.3 is 30.4 Å². The molecule has 3 rings (SSSR count). The van der Waals surface area contributed by atoms with Gasteiger partial charge in [-0.3, -0.25) is 14.5 Å². The van der Waals surface area contributed by atoms with Crippen molar-refractivity contribution in [2.75, 3.05) is 38.6 Å². The van der Waals surface area contributed by atoms with Crippen LogP contribution >= 0.6 is 11.6 Å². The van der Waals surface area contributed by atoms with E-state index < -0.39 is 5.97 Å². The highest BCUT2D eigenvalue weighted by molar-refractivity contribution is 6.33. The van der Waals surface area contributed by atoms with Crippen LogP contribution in [0.3, 0.4) is 0 Å². The van der Waals surface area contributed by atoms with Gasteiger partial charge in [0.05, 0.1) is 35.6 Å². The van der Waals surface area contributed by atoms with Gasteiger partial charge in [-0.15, -0.1) is 0 Å². The molecule has 1 heterocycles. The van der Waals surface area contributed by atoms with Crippen LogP contribution in [0.1, 0.15) is 42.1 Å². The van der Waals surface area contributed by atoms with Gasteiger partial charge in [-0.25, -0.2) is 4.39 Å². The molecule has 1 atom stereocenters. The number of nitrogens with two attached hydrogens (primary N) is 1. The molecule has 0 bridgehead atoms. The average Bonchev–Trinajstić information content (AvgIpc) is 2.87. The van der Waals surface area contributed by atoms with Crippen molar-refractivity contribution in [3.63, 3.8) is 0 Å². The number of hydrogen-bond donors (Lipinski definition) is 3. The number of aliphatic carboxylic acids is 1. The third-order valence-electron chi connectivity index (χ3n) is 5.39. The van der Waals surface area contributed by atoms with Gasteiger partial charge in [0.2, 0.25) is 0 Å². The lowest BCUT2D eigenvalue weighted by molar-refractivity contribution is -0.137. The number of carbonyl (C=O) groups excluding carboxylic acids is 2. The van der Waals surface area contributed by atoms with Crippen molar-refractivity contribution in [2.24, 2.45) is 0 Å². The topological polar surface area (TPSA) is 131 Å². The number of nitrogens with one attached hydrogen (secondary N) is 1. The molecule has 1 aliphatic heterocycles. The van der Waals surface area contributed by atoms with Crippen LogP contribution in [-0.2, 0) is 20.9 Å². The molecule has 0 aromatic heterocycles. The van der Waals surface area contributed by atoms with E-state index in [1.165, 1.54) is 18.2 Å². The first kappa shape index (κ1) is 30.0. The molecule has 37 heavy (non-hydrogen) atoms. The number of hydrogen-bond acceptors (Lipinski definition) is 7. The highest BCUT2D eigenvalue weighted by atomic mass is 35.5. The SMILES string of the molecule is CCOc1cc(N)c(Cl)cc1C(=O)NCC1CN(Cc2ccc(F)cc2)CCO1.O=CCCCC(=O)O. The summed E-state index contributed by atoms with van der Waals surface area (Å²) in [6.45, 7) is 5.31. The zero-order valence-electron chi connectivity index (χ0n) is 20.8. The molecule has 1 aliphatic rings. The number of rotatable bonds is 11. The van der Waals surface area contributed by atoms with Crippen molar-refractivity contribution >= 4 is 35.5 Å². The minimum atomic E-state index is -0.841. The molecule has 2 aromatic carbocycles. The summed E-state index contributed by atoms with van der Waals surface area (Å²) in [7, 11) is 0. The Kier molecular flexibility index (Phi) is 12.8. The quantitative estimate of drug-likeness (QED) is 0.225. The minimum Gasteiger partial charge on any atom is -0.493 e. The Morgan fingerprint density at radius 2 is 2.05 bits per heavy atom. The van der Waals surface area contributed by atoms with Gasteiger partial charge >= 0.3 is 5.97 Å². The molecule has 0 spiro atoms. The summed E-state index contributed by atoms with van der Waals surface area (Å²) in [4.78, 5) is 34.2. The van der Waals surface area contributed by atoms with Gasteiger partial charge in [0.25, 0.3) is 5.91 Å². The predicted molar refractivity (Wildman–Crippen MR) is 138 cm³/mol. The second-order valence-corrected chi connectivity index (χ2v) is 8.73. The number of aldehydes is 1. The molecular formula is C26H33ClFN3O6. The highest BCUT2D eigenvalue weighted by Crippen LogP contribution is 2.29. The normalized spacial score (nSPS) is 15.3. The molecule has 4 N–H and O–H groups in total. The van der Waals surface area contributed by atoms with Crippen molar-refractivity contribution in [1.29, 1.82) is 0 Å². The van der Waals surface area contributed by atoms with Gasteiger partial charge in [0.15, 0.2) is 0 Å². The number of carboxylic acid groups (broad SMARTS) is 1. The fourth-order valence-corrected chi connectivity index (χ4v) is 3.72. The molecule has 1 saturated heterocycles. The summed E-state index contributed by atoms with van der Waals surface area (Å²) in [5.41, 5.74) is 7.54. The van der Waals surface area contributed by atoms with E-state index in [4.69, 9.17) is 31.9 Å². The zero-order valence-corrected chi connectivity index (χ0v) is 21.5. The first-order valence-corrected chi connectivity index (χ1v) is 12.3. The van der Waals surface area contributed by atoms with Gasteiger partial charge in [-0.2, -0.15) is 0 Å².